The minimum Gasteiger partial charge on any atom is -0.351 e. The van der Waals surface area contributed by atoms with E-state index in [0.717, 1.165) is 31.0 Å². The van der Waals surface area contributed by atoms with E-state index >= 15 is 0 Å². The van der Waals surface area contributed by atoms with Crippen LogP contribution in [-0.2, 0) is 10.0 Å². The summed E-state index contributed by atoms with van der Waals surface area (Å²) in [6.45, 7) is 2.52. The highest BCUT2D eigenvalue weighted by Gasteiger charge is 2.37. The Morgan fingerprint density at radius 1 is 1.47 bits per heavy atom. The molecule has 0 spiro atoms. The number of hydrogen-bond donors (Lipinski definition) is 2. The smallest absolute Gasteiger partial charge is 0.254 e. The topological polar surface area (TPSA) is 89.3 Å². The summed E-state index contributed by atoms with van der Waals surface area (Å²) in [7, 11) is -3.97. The Morgan fingerprint density at radius 3 is 2.58 bits per heavy atom. The molecule has 1 aliphatic rings. The van der Waals surface area contributed by atoms with Crippen LogP contribution in [0.3, 0.4) is 0 Å². The number of hydrogen-bond acceptors (Lipinski definition) is 3. The Labute approximate surface area is 111 Å². The fraction of sp³-hybridized carbons (Fsp3) is 0.417. The molecule has 2 rings (SSSR count). The lowest BCUT2D eigenvalue weighted by molar-refractivity contribution is 0.0942. The van der Waals surface area contributed by atoms with Crippen LogP contribution < -0.4 is 10.5 Å². The summed E-state index contributed by atoms with van der Waals surface area (Å²) in [5, 5.41) is 7.52. The predicted molar refractivity (Wildman–Crippen MR) is 67.4 cm³/mol. The summed E-state index contributed by atoms with van der Waals surface area (Å²) in [6.07, 6.45) is 2.08. The first-order chi connectivity index (χ1) is 8.71. The molecule has 1 saturated carbocycles. The standard InChI is InChI=1S/C12H15FN2O3S/c1-12(4-5-12)7-15-11(16)9-3-2-8(6-10(9)13)19(14,17)18/h2-3,6H,4-5,7H2,1H3,(H,15,16)(H2,14,17,18). The summed E-state index contributed by atoms with van der Waals surface area (Å²) in [5.41, 5.74) is -0.0659. The third-order valence-electron chi connectivity index (χ3n) is 3.29. The Hall–Kier alpha value is -1.47. The van der Waals surface area contributed by atoms with E-state index in [1.165, 1.54) is 0 Å². The van der Waals surface area contributed by atoms with Crippen LogP contribution in [0, 0.1) is 11.2 Å². The molecule has 1 amide bonds. The largest absolute Gasteiger partial charge is 0.351 e. The van der Waals surface area contributed by atoms with E-state index < -0.39 is 21.7 Å². The summed E-state index contributed by atoms with van der Waals surface area (Å²) in [6, 6.07) is 2.99. The van der Waals surface area contributed by atoms with Crippen molar-refractivity contribution in [3.05, 3.63) is 29.6 Å². The van der Waals surface area contributed by atoms with Gasteiger partial charge in [-0.3, -0.25) is 4.79 Å². The first-order valence-corrected chi connectivity index (χ1v) is 7.36. The Bertz CT molecular complexity index is 624. The number of nitrogens with one attached hydrogen (secondary N) is 1. The maximum absolute atomic E-state index is 13.7. The van der Waals surface area contributed by atoms with Crippen molar-refractivity contribution in [3.63, 3.8) is 0 Å². The van der Waals surface area contributed by atoms with Crippen molar-refractivity contribution in [2.24, 2.45) is 10.6 Å². The molecule has 1 aromatic rings. The normalized spacial score (nSPS) is 17.0. The molecular weight excluding hydrogens is 271 g/mol. The van der Waals surface area contributed by atoms with E-state index in [2.05, 4.69) is 5.32 Å². The molecule has 0 heterocycles. The second kappa shape index (κ2) is 4.57. The SMILES string of the molecule is CC1(CNC(=O)c2ccc(S(N)(=O)=O)cc2F)CC1. The van der Waals surface area contributed by atoms with Crippen LogP contribution in [0.25, 0.3) is 0 Å². The number of primary sulfonamides is 1. The molecule has 5 nitrogen and oxygen atoms in total. The van der Waals surface area contributed by atoms with Crippen LogP contribution >= 0.6 is 0 Å². The van der Waals surface area contributed by atoms with E-state index in [4.69, 9.17) is 5.14 Å². The summed E-state index contributed by atoms with van der Waals surface area (Å²) in [5.74, 6) is -1.45. The van der Waals surface area contributed by atoms with Crippen molar-refractivity contribution in [1.29, 1.82) is 0 Å². The zero-order valence-electron chi connectivity index (χ0n) is 10.4. The van der Waals surface area contributed by atoms with Gasteiger partial charge < -0.3 is 5.32 Å². The van der Waals surface area contributed by atoms with Gasteiger partial charge in [-0.15, -0.1) is 0 Å². The molecule has 0 radical (unpaired) electrons. The molecule has 19 heavy (non-hydrogen) atoms. The molecule has 0 aliphatic heterocycles. The lowest BCUT2D eigenvalue weighted by Gasteiger charge is -2.10. The maximum atomic E-state index is 13.7. The van der Waals surface area contributed by atoms with Crippen molar-refractivity contribution >= 4 is 15.9 Å². The fourth-order valence-electron chi connectivity index (χ4n) is 1.64. The van der Waals surface area contributed by atoms with Crippen LogP contribution in [0.1, 0.15) is 30.1 Å². The molecule has 1 aliphatic carbocycles. The molecule has 0 bridgehead atoms. The minimum absolute atomic E-state index is 0.118. The van der Waals surface area contributed by atoms with Gasteiger partial charge in [-0.05, 0) is 36.5 Å². The Morgan fingerprint density at radius 2 is 2.11 bits per heavy atom. The molecular formula is C12H15FN2O3S. The van der Waals surface area contributed by atoms with Gasteiger partial charge >= 0.3 is 0 Å². The molecule has 3 N–H and O–H groups in total. The van der Waals surface area contributed by atoms with Crippen molar-refractivity contribution in [2.75, 3.05) is 6.54 Å². The van der Waals surface area contributed by atoms with Gasteiger partial charge in [0, 0.05) is 6.54 Å². The highest BCUT2D eigenvalue weighted by Crippen LogP contribution is 2.44. The van der Waals surface area contributed by atoms with Crippen LogP contribution in [0.2, 0.25) is 0 Å². The molecule has 0 unspecified atom stereocenters. The molecule has 0 saturated heterocycles. The van der Waals surface area contributed by atoms with Crippen molar-refractivity contribution in [3.8, 4) is 0 Å². The number of nitrogens with two attached hydrogens (primary N) is 1. The van der Waals surface area contributed by atoms with Crippen LogP contribution in [0.5, 0.6) is 0 Å². The third kappa shape index (κ3) is 3.30. The first kappa shape index (κ1) is 14.0. The molecule has 1 fully saturated rings. The van der Waals surface area contributed by atoms with Gasteiger partial charge in [-0.25, -0.2) is 17.9 Å². The number of sulfonamides is 1. The molecule has 0 atom stereocenters. The van der Waals surface area contributed by atoms with E-state index in [-0.39, 0.29) is 15.9 Å². The summed E-state index contributed by atoms with van der Waals surface area (Å²) in [4.78, 5) is 11.4. The second-order valence-corrected chi connectivity index (χ2v) is 6.74. The van der Waals surface area contributed by atoms with Gasteiger partial charge in [0.2, 0.25) is 10.0 Å². The lowest BCUT2D eigenvalue weighted by atomic mass is 10.1. The summed E-state index contributed by atoms with van der Waals surface area (Å²) >= 11 is 0. The molecule has 0 aromatic heterocycles. The number of halogens is 1. The number of rotatable bonds is 4. The van der Waals surface area contributed by atoms with Crippen LogP contribution in [0.4, 0.5) is 4.39 Å². The van der Waals surface area contributed by atoms with Crippen molar-refractivity contribution in [1.82, 2.24) is 5.32 Å². The van der Waals surface area contributed by atoms with Gasteiger partial charge in [0.05, 0.1) is 10.5 Å². The zero-order valence-corrected chi connectivity index (χ0v) is 11.3. The lowest BCUT2D eigenvalue weighted by Crippen LogP contribution is -2.29. The quantitative estimate of drug-likeness (QED) is 0.865. The van der Waals surface area contributed by atoms with Gasteiger partial charge in [0.15, 0.2) is 0 Å². The third-order valence-corrected chi connectivity index (χ3v) is 4.20. The number of benzene rings is 1. The average Bonchev–Trinajstić information content (AvgIpc) is 3.03. The molecule has 7 heteroatoms. The van der Waals surface area contributed by atoms with E-state index in [9.17, 15) is 17.6 Å². The second-order valence-electron chi connectivity index (χ2n) is 5.18. The van der Waals surface area contributed by atoms with Crippen LogP contribution in [0.15, 0.2) is 23.1 Å². The van der Waals surface area contributed by atoms with Gasteiger partial charge in [0.25, 0.3) is 5.91 Å². The highest BCUT2D eigenvalue weighted by atomic mass is 32.2. The number of carbonyl (C=O) groups excluding carboxylic acids is 1. The summed E-state index contributed by atoms with van der Waals surface area (Å²) < 4.78 is 35.8. The van der Waals surface area contributed by atoms with Crippen molar-refractivity contribution in [2.45, 2.75) is 24.7 Å². The minimum atomic E-state index is -3.97. The molecule has 104 valence electrons. The van der Waals surface area contributed by atoms with E-state index in [1.807, 2.05) is 6.92 Å². The average molecular weight is 286 g/mol. The Kier molecular flexibility index (Phi) is 3.36. The van der Waals surface area contributed by atoms with E-state index in [1.54, 1.807) is 0 Å². The predicted octanol–water partition coefficient (Wildman–Crippen LogP) is 1.00. The van der Waals surface area contributed by atoms with Gasteiger partial charge in [-0.2, -0.15) is 0 Å². The van der Waals surface area contributed by atoms with Crippen LogP contribution in [-0.4, -0.2) is 20.9 Å². The monoisotopic (exact) mass is 286 g/mol. The molecule has 1 aromatic carbocycles. The maximum Gasteiger partial charge on any atom is 0.254 e. The van der Waals surface area contributed by atoms with E-state index in [0.29, 0.717) is 6.54 Å². The highest BCUT2D eigenvalue weighted by molar-refractivity contribution is 7.89. The first-order valence-electron chi connectivity index (χ1n) is 5.82. The number of amides is 1. The van der Waals surface area contributed by atoms with Gasteiger partial charge in [0.1, 0.15) is 5.82 Å². The van der Waals surface area contributed by atoms with Gasteiger partial charge in [-0.1, -0.05) is 6.92 Å². The zero-order chi connectivity index (χ0) is 14.3. The Balaban J connectivity index is 2.14. The van der Waals surface area contributed by atoms with Crippen molar-refractivity contribution < 1.29 is 17.6 Å². The number of carbonyl (C=O) groups is 1. The fourth-order valence-corrected chi connectivity index (χ4v) is 2.16.